The first kappa shape index (κ1) is 18.5. The molecule has 1 N–H and O–H groups in total. The number of halogens is 1. The molecule has 0 fully saturated rings. The van der Waals surface area contributed by atoms with Gasteiger partial charge < -0.3 is 9.84 Å². The van der Waals surface area contributed by atoms with Crippen molar-refractivity contribution in [3.05, 3.63) is 46.6 Å². The van der Waals surface area contributed by atoms with Crippen LogP contribution >= 0.6 is 11.6 Å². The fraction of sp³-hybridized carbons (Fsp3) is 0.500. The van der Waals surface area contributed by atoms with Crippen molar-refractivity contribution >= 4 is 17.5 Å². The molecule has 130 valence electrons. The molecule has 2 aromatic rings. The molecule has 0 radical (unpaired) electrons. The Kier molecular flexibility index (Phi) is 6.37. The van der Waals surface area contributed by atoms with E-state index in [-0.39, 0.29) is 11.3 Å². The molecule has 0 aliphatic heterocycles. The van der Waals surface area contributed by atoms with Gasteiger partial charge in [0.1, 0.15) is 0 Å². The van der Waals surface area contributed by atoms with Gasteiger partial charge >= 0.3 is 0 Å². The molecule has 1 amide bonds. The van der Waals surface area contributed by atoms with Crippen LogP contribution in [0.1, 0.15) is 50.9 Å². The van der Waals surface area contributed by atoms with Crippen LogP contribution in [0.4, 0.5) is 0 Å². The average molecular weight is 350 g/mol. The summed E-state index contributed by atoms with van der Waals surface area (Å²) in [5.74, 6) is 1.33. The SMILES string of the molecule is CC(C)(C)c1noc(CCCC(=O)NCCc2ccc(Cl)cc2)n1. The lowest BCUT2D eigenvalue weighted by Gasteiger charge is -2.10. The summed E-state index contributed by atoms with van der Waals surface area (Å²) in [5.41, 5.74) is 1.03. The fourth-order valence-electron chi connectivity index (χ4n) is 2.15. The van der Waals surface area contributed by atoms with E-state index in [0.717, 1.165) is 17.0 Å². The van der Waals surface area contributed by atoms with Gasteiger partial charge in [-0.3, -0.25) is 4.79 Å². The van der Waals surface area contributed by atoms with Crippen LogP contribution in [0.15, 0.2) is 28.8 Å². The van der Waals surface area contributed by atoms with Crippen molar-refractivity contribution in [2.24, 2.45) is 0 Å². The lowest BCUT2D eigenvalue weighted by atomic mass is 9.96. The van der Waals surface area contributed by atoms with Crippen molar-refractivity contribution in [1.82, 2.24) is 15.5 Å². The Labute approximate surface area is 147 Å². The van der Waals surface area contributed by atoms with Crippen molar-refractivity contribution in [3.8, 4) is 0 Å². The molecule has 0 atom stereocenters. The first-order chi connectivity index (χ1) is 11.3. The number of aromatic nitrogens is 2. The van der Waals surface area contributed by atoms with E-state index in [9.17, 15) is 4.79 Å². The minimum absolute atomic E-state index is 0.0412. The van der Waals surface area contributed by atoms with Gasteiger partial charge in [0.2, 0.25) is 11.8 Å². The van der Waals surface area contributed by atoms with E-state index in [1.807, 2.05) is 45.0 Å². The zero-order valence-electron chi connectivity index (χ0n) is 14.4. The Morgan fingerprint density at radius 2 is 1.92 bits per heavy atom. The molecular formula is C18H24ClN3O2. The van der Waals surface area contributed by atoms with Crippen LogP contribution < -0.4 is 5.32 Å². The second-order valence-corrected chi connectivity index (χ2v) is 7.28. The number of benzene rings is 1. The molecule has 0 unspecified atom stereocenters. The Morgan fingerprint density at radius 1 is 1.21 bits per heavy atom. The molecule has 6 heteroatoms. The van der Waals surface area contributed by atoms with Crippen LogP contribution in [0.25, 0.3) is 0 Å². The summed E-state index contributed by atoms with van der Waals surface area (Å²) in [6.45, 7) is 6.73. The van der Waals surface area contributed by atoms with Crippen molar-refractivity contribution < 1.29 is 9.32 Å². The summed E-state index contributed by atoms with van der Waals surface area (Å²) in [5, 5.41) is 7.62. The third-order valence-corrected chi connectivity index (χ3v) is 3.83. The van der Waals surface area contributed by atoms with Gasteiger partial charge in [0.15, 0.2) is 5.82 Å². The van der Waals surface area contributed by atoms with E-state index in [1.54, 1.807) is 0 Å². The van der Waals surface area contributed by atoms with Crippen molar-refractivity contribution in [1.29, 1.82) is 0 Å². The first-order valence-corrected chi connectivity index (χ1v) is 8.56. The monoisotopic (exact) mass is 349 g/mol. The molecular weight excluding hydrogens is 326 g/mol. The van der Waals surface area contributed by atoms with Crippen molar-refractivity contribution in [2.75, 3.05) is 6.54 Å². The number of nitrogens with zero attached hydrogens (tertiary/aromatic N) is 2. The molecule has 1 heterocycles. The summed E-state index contributed by atoms with van der Waals surface area (Å²) in [6.07, 6.45) is 2.56. The fourth-order valence-corrected chi connectivity index (χ4v) is 2.27. The van der Waals surface area contributed by atoms with Gasteiger partial charge in [0.05, 0.1) is 0 Å². The molecule has 2 rings (SSSR count). The van der Waals surface area contributed by atoms with Gasteiger partial charge in [0, 0.05) is 29.8 Å². The Balaban J connectivity index is 1.64. The second kappa shape index (κ2) is 8.29. The predicted octanol–water partition coefficient (Wildman–Crippen LogP) is 3.70. The molecule has 5 nitrogen and oxygen atoms in total. The highest BCUT2D eigenvalue weighted by Crippen LogP contribution is 2.18. The Hall–Kier alpha value is -1.88. The largest absolute Gasteiger partial charge is 0.356 e. The van der Waals surface area contributed by atoms with Gasteiger partial charge in [-0.15, -0.1) is 0 Å². The van der Waals surface area contributed by atoms with Crippen LogP contribution in [0.5, 0.6) is 0 Å². The summed E-state index contributed by atoms with van der Waals surface area (Å²) < 4.78 is 5.22. The van der Waals surface area contributed by atoms with Crippen LogP contribution in [-0.4, -0.2) is 22.6 Å². The van der Waals surface area contributed by atoms with E-state index in [0.29, 0.717) is 37.5 Å². The van der Waals surface area contributed by atoms with Gasteiger partial charge in [0.25, 0.3) is 0 Å². The van der Waals surface area contributed by atoms with E-state index in [4.69, 9.17) is 16.1 Å². The number of carbonyl (C=O) groups is 1. The van der Waals surface area contributed by atoms with Gasteiger partial charge in [-0.2, -0.15) is 4.98 Å². The number of hydrogen-bond donors (Lipinski definition) is 1. The lowest BCUT2D eigenvalue weighted by Crippen LogP contribution is -2.25. The molecule has 24 heavy (non-hydrogen) atoms. The van der Waals surface area contributed by atoms with Crippen LogP contribution in [0.3, 0.4) is 0 Å². The number of carbonyl (C=O) groups excluding carboxylic acids is 1. The van der Waals surface area contributed by atoms with Crippen LogP contribution in [-0.2, 0) is 23.1 Å². The van der Waals surface area contributed by atoms with Crippen LogP contribution in [0.2, 0.25) is 5.02 Å². The van der Waals surface area contributed by atoms with E-state index >= 15 is 0 Å². The highest BCUT2D eigenvalue weighted by molar-refractivity contribution is 6.30. The van der Waals surface area contributed by atoms with Crippen molar-refractivity contribution in [2.45, 2.75) is 51.9 Å². The molecule has 0 saturated carbocycles. The summed E-state index contributed by atoms with van der Waals surface area (Å²) in [6, 6.07) is 7.65. The standard InChI is InChI=1S/C18H24ClN3O2/c1-18(2,3)17-21-16(24-22-17)6-4-5-15(23)20-12-11-13-7-9-14(19)10-8-13/h7-10H,4-6,11-12H2,1-3H3,(H,20,23). The molecule has 0 aliphatic carbocycles. The van der Waals surface area contributed by atoms with E-state index < -0.39 is 0 Å². The smallest absolute Gasteiger partial charge is 0.226 e. The maximum atomic E-state index is 11.8. The summed E-state index contributed by atoms with van der Waals surface area (Å²) in [7, 11) is 0. The zero-order chi connectivity index (χ0) is 17.6. The highest BCUT2D eigenvalue weighted by atomic mass is 35.5. The quantitative estimate of drug-likeness (QED) is 0.827. The zero-order valence-corrected chi connectivity index (χ0v) is 15.2. The van der Waals surface area contributed by atoms with Crippen LogP contribution in [0, 0.1) is 0 Å². The van der Waals surface area contributed by atoms with Gasteiger partial charge in [-0.05, 0) is 30.5 Å². The maximum Gasteiger partial charge on any atom is 0.226 e. The number of nitrogens with one attached hydrogen (secondary N) is 1. The van der Waals surface area contributed by atoms with Gasteiger partial charge in [-0.1, -0.05) is 49.7 Å². The summed E-state index contributed by atoms with van der Waals surface area (Å²) >= 11 is 5.84. The Bertz CT molecular complexity index is 660. The van der Waals surface area contributed by atoms with Gasteiger partial charge in [-0.25, -0.2) is 0 Å². The van der Waals surface area contributed by atoms with E-state index in [2.05, 4.69) is 15.5 Å². The highest BCUT2D eigenvalue weighted by Gasteiger charge is 2.20. The molecule has 1 aromatic heterocycles. The topological polar surface area (TPSA) is 68.0 Å². The number of amides is 1. The predicted molar refractivity (Wildman–Crippen MR) is 94.1 cm³/mol. The first-order valence-electron chi connectivity index (χ1n) is 8.19. The third-order valence-electron chi connectivity index (χ3n) is 3.58. The molecule has 0 spiro atoms. The number of hydrogen-bond acceptors (Lipinski definition) is 4. The molecule has 1 aromatic carbocycles. The van der Waals surface area contributed by atoms with E-state index in [1.165, 1.54) is 0 Å². The normalized spacial score (nSPS) is 11.5. The lowest BCUT2D eigenvalue weighted by molar-refractivity contribution is -0.121. The number of rotatable bonds is 7. The minimum Gasteiger partial charge on any atom is -0.356 e. The maximum absolute atomic E-state index is 11.8. The molecule has 0 aliphatic rings. The number of aryl methyl sites for hydroxylation is 1. The summed E-state index contributed by atoms with van der Waals surface area (Å²) in [4.78, 5) is 16.2. The second-order valence-electron chi connectivity index (χ2n) is 6.84. The minimum atomic E-state index is -0.124. The average Bonchev–Trinajstić information content (AvgIpc) is 2.98. The molecule has 0 saturated heterocycles. The third kappa shape index (κ3) is 5.96. The Morgan fingerprint density at radius 3 is 2.54 bits per heavy atom. The van der Waals surface area contributed by atoms with Crippen molar-refractivity contribution in [3.63, 3.8) is 0 Å². The molecule has 0 bridgehead atoms.